The number of nitrogens with one attached hydrogen (secondary N) is 2. The molecule has 0 bridgehead atoms. The Morgan fingerprint density at radius 1 is 1.07 bits per heavy atom. The van der Waals surface area contributed by atoms with Crippen LogP contribution in [-0.4, -0.2) is 38.5 Å². The van der Waals surface area contributed by atoms with Crippen molar-refractivity contribution in [2.24, 2.45) is 0 Å². The molecule has 0 aliphatic heterocycles. The molecule has 7 heteroatoms. The van der Waals surface area contributed by atoms with E-state index in [1.165, 1.54) is 5.56 Å². The smallest absolute Gasteiger partial charge is 0.338 e. The van der Waals surface area contributed by atoms with E-state index in [4.69, 9.17) is 26.4 Å². The number of anilines is 1. The Balaban J connectivity index is 1.81. The molecule has 156 valence electrons. The predicted octanol–water partition coefficient (Wildman–Crippen LogP) is 4.11. The van der Waals surface area contributed by atoms with E-state index in [1.807, 2.05) is 31.2 Å². The maximum atomic E-state index is 11.8. The number of rotatable bonds is 9. The Morgan fingerprint density at radius 2 is 1.83 bits per heavy atom. The molecule has 2 aromatic carbocycles. The Hall–Kier alpha value is -2.80. The summed E-state index contributed by atoms with van der Waals surface area (Å²) < 4.78 is 15.6. The largest absolute Gasteiger partial charge is 0.493 e. The van der Waals surface area contributed by atoms with Crippen LogP contribution in [0.4, 0.5) is 5.69 Å². The molecule has 0 fully saturated rings. The molecule has 0 atom stereocenters. The van der Waals surface area contributed by atoms with Gasteiger partial charge in [0.25, 0.3) is 0 Å². The van der Waals surface area contributed by atoms with E-state index >= 15 is 0 Å². The van der Waals surface area contributed by atoms with Crippen molar-refractivity contribution in [1.82, 2.24) is 5.32 Å². The van der Waals surface area contributed by atoms with Crippen molar-refractivity contribution in [1.29, 1.82) is 0 Å². The summed E-state index contributed by atoms with van der Waals surface area (Å²) in [5.41, 5.74) is 3.48. The SMILES string of the molecule is CCOC(=O)c1ccc(NC(=S)NCCCc2ccc(OC)c(OC)c2)c(C)c1. The van der Waals surface area contributed by atoms with Gasteiger partial charge >= 0.3 is 5.97 Å². The number of hydrogen-bond acceptors (Lipinski definition) is 5. The first-order valence-electron chi connectivity index (χ1n) is 9.52. The lowest BCUT2D eigenvalue weighted by Gasteiger charge is -2.14. The molecule has 0 radical (unpaired) electrons. The third kappa shape index (κ3) is 6.64. The highest BCUT2D eigenvalue weighted by Gasteiger charge is 2.09. The zero-order valence-corrected chi connectivity index (χ0v) is 18.2. The third-order valence-corrected chi connectivity index (χ3v) is 4.61. The first kappa shape index (κ1) is 22.5. The molecule has 0 amide bonds. The van der Waals surface area contributed by atoms with Crippen molar-refractivity contribution < 1.29 is 19.0 Å². The van der Waals surface area contributed by atoms with Crippen LogP contribution < -0.4 is 20.1 Å². The normalized spacial score (nSPS) is 10.2. The number of carbonyl (C=O) groups excluding carboxylic acids is 1. The van der Waals surface area contributed by atoms with Gasteiger partial charge in [-0.25, -0.2) is 4.79 Å². The molecule has 2 rings (SSSR count). The lowest BCUT2D eigenvalue weighted by Crippen LogP contribution is -2.29. The van der Waals surface area contributed by atoms with E-state index in [0.717, 1.165) is 42.1 Å². The van der Waals surface area contributed by atoms with Crippen LogP contribution in [0.25, 0.3) is 0 Å². The van der Waals surface area contributed by atoms with Crippen LogP contribution in [0.5, 0.6) is 11.5 Å². The molecular formula is C22H28N2O4S. The van der Waals surface area contributed by atoms with Gasteiger partial charge in [-0.3, -0.25) is 0 Å². The second-order valence-electron chi connectivity index (χ2n) is 6.42. The molecule has 0 aromatic heterocycles. The van der Waals surface area contributed by atoms with Crippen molar-refractivity contribution in [3.05, 3.63) is 53.1 Å². The summed E-state index contributed by atoms with van der Waals surface area (Å²) in [6.45, 7) is 4.80. The summed E-state index contributed by atoms with van der Waals surface area (Å²) in [6.07, 6.45) is 1.81. The van der Waals surface area contributed by atoms with Crippen LogP contribution in [0.3, 0.4) is 0 Å². The van der Waals surface area contributed by atoms with Crippen molar-refractivity contribution >= 4 is 29.0 Å². The molecule has 0 saturated carbocycles. The minimum atomic E-state index is -0.321. The number of hydrogen-bond donors (Lipinski definition) is 2. The average molecular weight is 417 g/mol. The van der Waals surface area contributed by atoms with Gasteiger partial charge < -0.3 is 24.8 Å². The van der Waals surface area contributed by atoms with E-state index in [2.05, 4.69) is 10.6 Å². The number of benzene rings is 2. The van der Waals surface area contributed by atoms with Crippen molar-refractivity contribution in [2.45, 2.75) is 26.7 Å². The molecule has 6 nitrogen and oxygen atoms in total. The number of thiocarbonyl (C=S) groups is 1. The molecule has 0 aliphatic rings. The highest BCUT2D eigenvalue weighted by atomic mass is 32.1. The predicted molar refractivity (Wildman–Crippen MR) is 119 cm³/mol. The molecule has 0 aliphatic carbocycles. The van der Waals surface area contributed by atoms with Crippen molar-refractivity contribution in [2.75, 3.05) is 32.7 Å². The number of aryl methyl sites for hydroxylation is 2. The van der Waals surface area contributed by atoms with Crippen molar-refractivity contribution in [3.63, 3.8) is 0 Å². The van der Waals surface area contributed by atoms with Crippen LogP contribution in [-0.2, 0) is 11.2 Å². The second kappa shape index (κ2) is 11.3. The lowest BCUT2D eigenvalue weighted by atomic mass is 10.1. The highest BCUT2D eigenvalue weighted by molar-refractivity contribution is 7.80. The lowest BCUT2D eigenvalue weighted by molar-refractivity contribution is 0.0526. The fourth-order valence-corrected chi connectivity index (χ4v) is 3.05. The van der Waals surface area contributed by atoms with Crippen LogP contribution in [0.2, 0.25) is 0 Å². The summed E-state index contributed by atoms with van der Waals surface area (Å²) in [4.78, 5) is 11.8. The molecule has 0 heterocycles. The number of ether oxygens (including phenoxy) is 3. The van der Waals surface area contributed by atoms with E-state index in [0.29, 0.717) is 17.3 Å². The highest BCUT2D eigenvalue weighted by Crippen LogP contribution is 2.27. The van der Waals surface area contributed by atoms with Crippen LogP contribution in [0, 0.1) is 6.92 Å². The van der Waals surface area contributed by atoms with Crippen molar-refractivity contribution in [3.8, 4) is 11.5 Å². The van der Waals surface area contributed by atoms with Gasteiger partial charge in [-0.15, -0.1) is 0 Å². The van der Waals surface area contributed by atoms with E-state index in [1.54, 1.807) is 33.3 Å². The minimum Gasteiger partial charge on any atom is -0.493 e. The van der Waals surface area contributed by atoms with Gasteiger partial charge in [0.15, 0.2) is 16.6 Å². The zero-order chi connectivity index (χ0) is 21.2. The summed E-state index contributed by atoms with van der Waals surface area (Å²) in [7, 11) is 3.26. The van der Waals surface area contributed by atoms with Gasteiger partial charge in [-0.05, 0) is 80.4 Å². The van der Waals surface area contributed by atoms with Crippen LogP contribution in [0.15, 0.2) is 36.4 Å². The average Bonchev–Trinajstić information content (AvgIpc) is 2.72. The topological polar surface area (TPSA) is 68.8 Å². The Labute approximate surface area is 177 Å². The zero-order valence-electron chi connectivity index (χ0n) is 17.3. The van der Waals surface area contributed by atoms with Gasteiger partial charge in [-0.1, -0.05) is 6.07 Å². The van der Waals surface area contributed by atoms with Gasteiger partial charge in [0.05, 0.1) is 26.4 Å². The summed E-state index contributed by atoms with van der Waals surface area (Å²) >= 11 is 5.37. The van der Waals surface area contributed by atoms with Crippen LogP contribution >= 0.6 is 12.2 Å². The van der Waals surface area contributed by atoms with Gasteiger partial charge in [-0.2, -0.15) is 0 Å². The standard InChI is InChI=1S/C22H28N2O4S/c1-5-28-21(25)17-9-10-18(15(2)13-17)24-22(29)23-12-6-7-16-8-11-19(26-3)20(14-16)27-4/h8-11,13-14H,5-7,12H2,1-4H3,(H2,23,24,29). The molecule has 0 saturated heterocycles. The first-order valence-corrected chi connectivity index (χ1v) is 9.92. The maximum absolute atomic E-state index is 11.8. The molecular weight excluding hydrogens is 388 g/mol. The summed E-state index contributed by atoms with van der Waals surface area (Å²) in [6, 6.07) is 11.3. The Morgan fingerprint density at radius 3 is 2.48 bits per heavy atom. The molecule has 2 aromatic rings. The van der Waals surface area contributed by atoms with Gasteiger partial charge in [0.2, 0.25) is 0 Å². The quantitative estimate of drug-likeness (QED) is 0.362. The number of methoxy groups -OCH3 is 2. The Bertz CT molecular complexity index is 855. The number of carbonyl (C=O) groups is 1. The monoisotopic (exact) mass is 416 g/mol. The van der Waals surface area contributed by atoms with E-state index in [-0.39, 0.29) is 5.97 Å². The van der Waals surface area contributed by atoms with Gasteiger partial charge in [0.1, 0.15) is 0 Å². The summed E-state index contributed by atoms with van der Waals surface area (Å²) in [5, 5.41) is 6.93. The molecule has 0 spiro atoms. The first-order chi connectivity index (χ1) is 14.0. The summed E-state index contributed by atoms with van der Waals surface area (Å²) in [5.74, 6) is 1.14. The molecule has 29 heavy (non-hydrogen) atoms. The second-order valence-corrected chi connectivity index (χ2v) is 6.83. The Kier molecular flexibility index (Phi) is 8.73. The van der Waals surface area contributed by atoms with Crippen LogP contribution in [0.1, 0.15) is 34.8 Å². The van der Waals surface area contributed by atoms with E-state index in [9.17, 15) is 4.79 Å². The maximum Gasteiger partial charge on any atom is 0.338 e. The van der Waals surface area contributed by atoms with E-state index < -0.39 is 0 Å². The fourth-order valence-electron chi connectivity index (χ4n) is 2.84. The number of esters is 1. The molecule has 0 unspecified atom stereocenters. The molecule has 2 N–H and O–H groups in total. The minimum absolute atomic E-state index is 0.321. The fraction of sp³-hybridized carbons (Fsp3) is 0.364. The van der Waals surface area contributed by atoms with Gasteiger partial charge in [0, 0.05) is 12.2 Å². The third-order valence-electron chi connectivity index (χ3n) is 4.36.